The van der Waals surface area contributed by atoms with Gasteiger partial charge < -0.3 is 19.9 Å². The maximum atomic E-state index is 5.79. The summed E-state index contributed by atoms with van der Waals surface area (Å²) in [4.78, 5) is 0. The van der Waals surface area contributed by atoms with E-state index in [0.717, 1.165) is 11.1 Å². The molecule has 0 aliphatic carbocycles. The largest absolute Gasteiger partial charge is 0.496 e. The number of rotatable bonds is 6. The summed E-state index contributed by atoms with van der Waals surface area (Å²) in [5.74, 6) is 2.50. The van der Waals surface area contributed by atoms with E-state index in [4.69, 9.17) is 19.9 Å². The highest BCUT2D eigenvalue weighted by Crippen LogP contribution is 2.36. The molecular weight excluding hydrogens is 242 g/mol. The Morgan fingerprint density at radius 1 is 1.11 bits per heavy atom. The van der Waals surface area contributed by atoms with Crippen molar-refractivity contribution in [3.63, 3.8) is 0 Å². The molecule has 0 aromatic heterocycles. The number of hydrogen-bond acceptors (Lipinski definition) is 4. The highest BCUT2D eigenvalue weighted by atomic mass is 16.5. The Hall–Kier alpha value is -1.68. The molecule has 0 saturated carbocycles. The van der Waals surface area contributed by atoms with Crippen molar-refractivity contribution in [1.82, 2.24) is 0 Å². The molecule has 0 atom stereocenters. The van der Waals surface area contributed by atoms with Gasteiger partial charge in [0.05, 0.1) is 26.9 Å². The van der Waals surface area contributed by atoms with E-state index in [1.54, 1.807) is 21.3 Å². The first kappa shape index (κ1) is 15.4. The van der Waals surface area contributed by atoms with Crippen LogP contribution in [0.3, 0.4) is 0 Å². The van der Waals surface area contributed by atoms with Crippen LogP contribution in [0.1, 0.15) is 19.4 Å². The van der Waals surface area contributed by atoms with E-state index in [1.807, 2.05) is 18.2 Å². The summed E-state index contributed by atoms with van der Waals surface area (Å²) in [5.41, 5.74) is 7.82. The van der Waals surface area contributed by atoms with E-state index in [2.05, 4.69) is 13.8 Å². The van der Waals surface area contributed by atoms with Gasteiger partial charge in [0.1, 0.15) is 17.2 Å². The molecule has 4 nitrogen and oxygen atoms in total. The summed E-state index contributed by atoms with van der Waals surface area (Å²) in [6.45, 7) is 4.73. The molecule has 0 saturated heterocycles. The Balaban J connectivity index is 3.39. The second kappa shape index (κ2) is 7.04. The Morgan fingerprint density at radius 2 is 1.63 bits per heavy atom. The van der Waals surface area contributed by atoms with Crippen molar-refractivity contribution in [2.24, 2.45) is 11.7 Å². The van der Waals surface area contributed by atoms with Gasteiger partial charge in [-0.05, 0) is 12.0 Å². The van der Waals surface area contributed by atoms with Gasteiger partial charge >= 0.3 is 0 Å². The number of hydrogen-bond donors (Lipinski definition) is 1. The van der Waals surface area contributed by atoms with Crippen LogP contribution in [-0.2, 0) is 0 Å². The fraction of sp³-hybridized carbons (Fsp3) is 0.467. The zero-order valence-electron chi connectivity index (χ0n) is 12.3. The van der Waals surface area contributed by atoms with Gasteiger partial charge in [0.15, 0.2) is 0 Å². The monoisotopic (exact) mass is 265 g/mol. The number of ether oxygens (including phenoxy) is 3. The standard InChI is InChI=1S/C15H23NO3/c1-10(2)11(9-16)6-13-14(18-4)7-12(17-3)8-15(13)19-5/h6-8,10H,9,16H2,1-5H3. The van der Waals surface area contributed by atoms with Gasteiger partial charge in [-0.2, -0.15) is 0 Å². The lowest BCUT2D eigenvalue weighted by atomic mass is 9.99. The van der Waals surface area contributed by atoms with Crippen molar-refractivity contribution in [1.29, 1.82) is 0 Å². The minimum Gasteiger partial charge on any atom is -0.496 e. The molecule has 19 heavy (non-hydrogen) atoms. The SMILES string of the molecule is COc1cc(OC)c(C=C(CN)C(C)C)c(OC)c1. The molecule has 0 heterocycles. The van der Waals surface area contributed by atoms with Crippen molar-refractivity contribution in [2.45, 2.75) is 13.8 Å². The third kappa shape index (κ3) is 3.64. The number of methoxy groups -OCH3 is 3. The third-order valence-corrected chi connectivity index (χ3v) is 3.06. The average molecular weight is 265 g/mol. The average Bonchev–Trinajstić information content (AvgIpc) is 2.43. The third-order valence-electron chi connectivity index (χ3n) is 3.06. The quantitative estimate of drug-likeness (QED) is 0.859. The summed E-state index contributed by atoms with van der Waals surface area (Å²) in [7, 11) is 4.87. The molecule has 0 amide bonds. The highest BCUT2D eigenvalue weighted by molar-refractivity contribution is 5.68. The molecule has 0 aliphatic rings. The first-order valence-corrected chi connectivity index (χ1v) is 6.27. The molecule has 0 aliphatic heterocycles. The van der Waals surface area contributed by atoms with Gasteiger partial charge in [0.25, 0.3) is 0 Å². The van der Waals surface area contributed by atoms with E-state index in [1.165, 1.54) is 0 Å². The van der Waals surface area contributed by atoms with Crippen LogP contribution in [0.15, 0.2) is 17.7 Å². The molecule has 4 heteroatoms. The molecule has 0 radical (unpaired) electrons. The van der Waals surface area contributed by atoms with Gasteiger partial charge in [-0.1, -0.05) is 19.4 Å². The van der Waals surface area contributed by atoms with Crippen LogP contribution < -0.4 is 19.9 Å². The zero-order valence-corrected chi connectivity index (χ0v) is 12.3. The second-order valence-electron chi connectivity index (χ2n) is 4.52. The van der Waals surface area contributed by atoms with Crippen LogP contribution >= 0.6 is 0 Å². The predicted octanol–water partition coefficient (Wildman–Crippen LogP) is 2.71. The summed E-state index contributed by atoms with van der Waals surface area (Å²) >= 11 is 0. The maximum absolute atomic E-state index is 5.79. The minimum atomic E-state index is 0.376. The van der Waals surface area contributed by atoms with E-state index < -0.39 is 0 Å². The molecule has 0 unspecified atom stereocenters. The van der Waals surface area contributed by atoms with Crippen LogP contribution in [0.4, 0.5) is 0 Å². The van der Waals surface area contributed by atoms with Gasteiger partial charge in [-0.3, -0.25) is 0 Å². The molecule has 1 aromatic carbocycles. The van der Waals surface area contributed by atoms with E-state index in [-0.39, 0.29) is 0 Å². The van der Waals surface area contributed by atoms with Crippen molar-refractivity contribution < 1.29 is 14.2 Å². The van der Waals surface area contributed by atoms with Crippen molar-refractivity contribution >= 4 is 6.08 Å². The molecule has 1 rings (SSSR count). The lowest BCUT2D eigenvalue weighted by molar-refractivity contribution is 0.374. The molecule has 106 valence electrons. The van der Waals surface area contributed by atoms with Crippen LogP contribution in [-0.4, -0.2) is 27.9 Å². The first-order chi connectivity index (χ1) is 9.07. The van der Waals surface area contributed by atoms with Crippen LogP contribution in [0.2, 0.25) is 0 Å². The second-order valence-corrected chi connectivity index (χ2v) is 4.52. The van der Waals surface area contributed by atoms with E-state index >= 15 is 0 Å². The van der Waals surface area contributed by atoms with Gasteiger partial charge in [0, 0.05) is 18.7 Å². The number of nitrogens with two attached hydrogens (primary N) is 1. The van der Waals surface area contributed by atoms with Crippen molar-refractivity contribution in [3.05, 3.63) is 23.3 Å². The number of benzene rings is 1. The van der Waals surface area contributed by atoms with Crippen molar-refractivity contribution in [2.75, 3.05) is 27.9 Å². The van der Waals surface area contributed by atoms with Crippen LogP contribution in [0, 0.1) is 5.92 Å². The molecule has 2 N–H and O–H groups in total. The first-order valence-electron chi connectivity index (χ1n) is 6.27. The van der Waals surface area contributed by atoms with Gasteiger partial charge in [-0.25, -0.2) is 0 Å². The molecule has 0 bridgehead atoms. The smallest absolute Gasteiger partial charge is 0.133 e. The molecular formula is C15H23NO3. The maximum Gasteiger partial charge on any atom is 0.133 e. The Bertz CT molecular complexity index is 428. The Labute approximate surface area is 115 Å². The molecule has 0 fully saturated rings. The fourth-order valence-electron chi connectivity index (χ4n) is 1.82. The lowest BCUT2D eigenvalue weighted by Gasteiger charge is -2.15. The summed E-state index contributed by atoms with van der Waals surface area (Å²) in [6.07, 6.45) is 2.03. The highest BCUT2D eigenvalue weighted by Gasteiger charge is 2.13. The Kier molecular flexibility index (Phi) is 5.70. The van der Waals surface area contributed by atoms with Gasteiger partial charge in [0.2, 0.25) is 0 Å². The molecule has 1 aromatic rings. The van der Waals surface area contributed by atoms with Crippen LogP contribution in [0.25, 0.3) is 6.08 Å². The summed E-state index contributed by atoms with van der Waals surface area (Å²) in [5, 5.41) is 0. The van der Waals surface area contributed by atoms with E-state index in [0.29, 0.717) is 29.7 Å². The van der Waals surface area contributed by atoms with Gasteiger partial charge in [-0.15, -0.1) is 0 Å². The predicted molar refractivity (Wildman–Crippen MR) is 78.0 cm³/mol. The summed E-state index contributed by atoms with van der Waals surface area (Å²) in [6, 6.07) is 3.67. The molecule has 0 spiro atoms. The van der Waals surface area contributed by atoms with Crippen molar-refractivity contribution in [3.8, 4) is 17.2 Å². The topological polar surface area (TPSA) is 53.7 Å². The summed E-state index contributed by atoms with van der Waals surface area (Å²) < 4.78 is 16.0. The minimum absolute atomic E-state index is 0.376. The zero-order chi connectivity index (χ0) is 14.4. The fourth-order valence-corrected chi connectivity index (χ4v) is 1.82. The van der Waals surface area contributed by atoms with E-state index in [9.17, 15) is 0 Å². The Morgan fingerprint density at radius 3 is 1.95 bits per heavy atom. The normalized spacial score (nSPS) is 11.6. The lowest BCUT2D eigenvalue weighted by Crippen LogP contribution is -2.08. The van der Waals surface area contributed by atoms with Crippen LogP contribution in [0.5, 0.6) is 17.2 Å².